The van der Waals surface area contributed by atoms with Crippen LogP contribution in [0.25, 0.3) is 67.9 Å². The summed E-state index contributed by atoms with van der Waals surface area (Å²) >= 11 is 3.27. The molecule has 12 heterocycles. The maximum Gasteiger partial charge on any atom is 0.260 e. The van der Waals surface area contributed by atoms with Gasteiger partial charge in [-0.2, -0.15) is 0 Å². The Kier molecular flexibility index (Phi) is 19.1. The molecule has 24 nitrogen and oxygen atoms in total. The van der Waals surface area contributed by atoms with E-state index in [1.54, 1.807) is 96.2 Å². The summed E-state index contributed by atoms with van der Waals surface area (Å²) in [4.78, 5) is 72.6. The third kappa shape index (κ3) is 14.0. The normalized spacial score (nSPS) is 14.8. The number of anilines is 3. The summed E-state index contributed by atoms with van der Waals surface area (Å²) in [7, 11) is 1.64. The van der Waals surface area contributed by atoms with E-state index in [1.807, 2.05) is 128 Å². The van der Waals surface area contributed by atoms with Gasteiger partial charge in [0.1, 0.15) is 70.8 Å². The molecule has 25 heteroatoms. The van der Waals surface area contributed by atoms with E-state index in [2.05, 4.69) is 84.5 Å². The van der Waals surface area contributed by atoms with Crippen molar-refractivity contribution in [1.82, 2.24) is 74.2 Å². The molecule has 3 amide bonds. The summed E-state index contributed by atoms with van der Waals surface area (Å²) in [6.45, 7) is 9.37. The monoisotopic (exact) mass is 1420 g/mol. The molecule has 514 valence electrons. The third-order valence-corrected chi connectivity index (χ3v) is 17.8. The molecule has 3 aromatic carbocycles. The fraction of sp³-hybridized carbons (Fsp3) is 0.260. The zero-order valence-corrected chi connectivity index (χ0v) is 57.6. The first-order chi connectivity index (χ1) is 49.2. The highest BCUT2D eigenvalue weighted by atomic mass is 79.9. The summed E-state index contributed by atoms with van der Waals surface area (Å²) < 4.78 is 17.9. The van der Waals surface area contributed by atoms with Crippen LogP contribution in [0.2, 0.25) is 0 Å². The van der Waals surface area contributed by atoms with Gasteiger partial charge >= 0.3 is 0 Å². The lowest BCUT2D eigenvalue weighted by Crippen LogP contribution is -2.24. The van der Waals surface area contributed by atoms with Crippen LogP contribution in [-0.4, -0.2) is 115 Å². The molecule has 3 saturated carbocycles. The van der Waals surface area contributed by atoms with Crippen LogP contribution in [0.5, 0.6) is 17.2 Å². The predicted molar refractivity (Wildman–Crippen MR) is 390 cm³/mol. The highest BCUT2D eigenvalue weighted by molar-refractivity contribution is 9.09. The molecule has 0 spiro atoms. The molecule has 0 unspecified atom stereocenters. The number of aromatic hydroxyl groups is 1. The van der Waals surface area contributed by atoms with Crippen LogP contribution in [0.15, 0.2) is 184 Å². The molecule has 3 aliphatic heterocycles. The van der Waals surface area contributed by atoms with Crippen LogP contribution in [-0.2, 0) is 19.6 Å². The number of carbonyl (C=O) groups excluding carboxylic acids is 3. The highest BCUT2D eigenvalue weighted by Crippen LogP contribution is 2.44. The summed E-state index contributed by atoms with van der Waals surface area (Å²) in [6.07, 6.45) is 22.4. The number of carbonyl (C=O) groups is 3. The van der Waals surface area contributed by atoms with E-state index in [-0.39, 0.29) is 37.0 Å². The molecule has 0 atom stereocenters. The second kappa shape index (κ2) is 28.9. The number of methoxy groups -OCH3 is 1. The zero-order valence-electron chi connectivity index (χ0n) is 56.0. The van der Waals surface area contributed by atoms with Gasteiger partial charge in [0.2, 0.25) is 0 Å². The number of hydrogen-bond donors (Lipinski definition) is 1. The van der Waals surface area contributed by atoms with Gasteiger partial charge in [0.15, 0.2) is 17.5 Å². The number of amides is 3. The Morgan fingerprint density at radius 2 is 0.794 bits per heavy atom. The van der Waals surface area contributed by atoms with Gasteiger partial charge in [-0.1, -0.05) is 73.6 Å². The summed E-state index contributed by atoms with van der Waals surface area (Å²) in [5, 5.41) is 35.5. The van der Waals surface area contributed by atoms with E-state index in [0.717, 1.165) is 100 Å². The number of halogens is 1. The standard InChI is InChI=1S/C26H24N6O2.C24H20N6O2.C23H18N6O2.C3H7Br.CH4/c1-16(2)34-23-11-18-14-31(26(33)21(18)12-20(23)17-5-4-10-27-13-17)24-7-3-6-22(29-24)25-30-28-15-32(25)19-8-9-19;1-32-21-10-16-13-29(24(31)19(16)11-18(21)15-4-3-9-25-12-15)22-6-2-5-20(27-22)23-28-26-14-30(23)17-7-8-17;30-20-9-15-12-28(23(31)18(15)10-17(20)14-3-2-8-24-11-14)21-5-1-4-19(26-21)22-27-25-13-29(22)16-6-7-16;1-3(2)4;/h3-7,10-13,15-16,19H,8-9,14H2,1-2H3;2-6,9-12,14,17H,7-8,13H2,1H3;1-5,8-11,13,16,30H,6-7,12H2;3H,1-2H3;1H4. The number of benzene rings is 3. The molecule has 9 aromatic heterocycles. The molecule has 0 saturated heterocycles. The van der Waals surface area contributed by atoms with E-state index >= 15 is 0 Å². The minimum absolute atomic E-state index is 0. The maximum absolute atomic E-state index is 13.5. The lowest BCUT2D eigenvalue weighted by molar-refractivity contribution is 0.0988. The summed E-state index contributed by atoms with van der Waals surface area (Å²) in [5.41, 5.74) is 11.4. The van der Waals surface area contributed by atoms with Crippen molar-refractivity contribution in [2.45, 2.75) is 122 Å². The first-order valence-corrected chi connectivity index (χ1v) is 34.5. The largest absolute Gasteiger partial charge is 0.507 e. The number of aromatic nitrogens is 15. The molecule has 3 fully saturated rings. The van der Waals surface area contributed by atoms with Gasteiger partial charge in [-0.3, -0.25) is 44.0 Å². The third-order valence-electron chi connectivity index (χ3n) is 17.8. The Morgan fingerprint density at radius 1 is 0.451 bits per heavy atom. The van der Waals surface area contributed by atoms with Crippen LogP contribution in [0.4, 0.5) is 17.5 Å². The molecule has 18 rings (SSSR count). The molecular formula is C77H73BrN18O6. The predicted octanol–water partition coefficient (Wildman–Crippen LogP) is 14.6. The van der Waals surface area contributed by atoms with Gasteiger partial charge in [-0.05, 0) is 160 Å². The number of pyridine rings is 6. The number of nitrogens with zero attached hydrogens (tertiary/aromatic N) is 18. The Morgan fingerprint density at radius 3 is 1.14 bits per heavy atom. The average Bonchev–Trinajstić information content (AvgIpc) is 1.62. The van der Waals surface area contributed by atoms with E-state index in [0.29, 0.717) is 111 Å². The van der Waals surface area contributed by atoms with Crippen molar-refractivity contribution in [3.05, 3.63) is 217 Å². The van der Waals surface area contributed by atoms with Gasteiger partial charge in [-0.15, -0.1) is 30.6 Å². The lowest BCUT2D eigenvalue weighted by atomic mass is 10.00. The van der Waals surface area contributed by atoms with Crippen LogP contribution < -0.4 is 24.2 Å². The number of rotatable bonds is 15. The number of phenols is 1. The van der Waals surface area contributed by atoms with Gasteiger partial charge < -0.3 is 28.3 Å². The zero-order chi connectivity index (χ0) is 69.4. The summed E-state index contributed by atoms with van der Waals surface area (Å²) in [6, 6.07) is 40.7. The van der Waals surface area contributed by atoms with Gasteiger partial charge in [-0.25, -0.2) is 15.0 Å². The quantitative estimate of drug-likeness (QED) is 0.0934. The summed E-state index contributed by atoms with van der Waals surface area (Å²) in [5.74, 6) is 5.20. The highest BCUT2D eigenvalue weighted by Gasteiger charge is 2.37. The van der Waals surface area contributed by atoms with E-state index in [9.17, 15) is 19.5 Å². The number of phenolic OH excluding ortho intramolecular Hbond substituents is 1. The fourth-order valence-electron chi connectivity index (χ4n) is 12.6. The molecule has 0 bridgehead atoms. The number of ether oxygens (including phenoxy) is 2. The second-order valence-corrected chi connectivity index (χ2v) is 27.7. The van der Waals surface area contributed by atoms with Crippen molar-refractivity contribution in [3.63, 3.8) is 0 Å². The van der Waals surface area contributed by atoms with Crippen LogP contribution >= 0.6 is 15.9 Å². The minimum atomic E-state index is -0.145. The van der Waals surface area contributed by atoms with Crippen molar-refractivity contribution in [1.29, 1.82) is 0 Å². The smallest absolute Gasteiger partial charge is 0.260 e. The molecular weight excluding hydrogens is 1350 g/mol. The Balaban J connectivity index is 0.000000126. The van der Waals surface area contributed by atoms with Crippen molar-refractivity contribution < 1.29 is 29.0 Å². The van der Waals surface area contributed by atoms with Crippen LogP contribution in [0, 0.1) is 0 Å². The number of alkyl halides is 1. The Labute approximate surface area is 597 Å². The van der Waals surface area contributed by atoms with E-state index in [4.69, 9.17) is 24.4 Å². The van der Waals surface area contributed by atoms with Gasteiger partial charge in [0, 0.05) is 110 Å². The molecule has 12 aromatic rings. The van der Waals surface area contributed by atoms with Crippen molar-refractivity contribution in [3.8, 4) is 85.2 Å². The van der Waals surface area contributed by atoms with Gasteiger partial charge in [0.25, 0.3) is 17.7 Å². The minimum Gasteiger partial charge on any atom is -0.507 e. The van der Waals surface area contributed by atoms with E-state index < -0.39 is 0 Å². The Hall–Kier alpha value is -11.7. The average molecular weight is 1430 g/mol. The van der Waals surface area contributed by atoms with Crippen LogP contribution in [0.1, 0.15) is 140 Å². The molecule has 1 N–H and O–H groups in total. The van der Waals surface area contributed by atoms with Crippen LogP contribution in [0.3, 0.4) is 0 Å². The second-order valence-electron chi connectivity index (χ2n) is 25.8. The van der Waals surface area contributed by atoms with Crippen molar-refractivity contribution in [2.75, 3.05) is 21.8 Å². The number of fused-ring (bicyclic) bond motifs is 3. The topological polar surface area (TPSA) is 269 Å². The SMILES string of the molecule is C.CC(C)Br.CC(C)Oc1cc2c(cc1-c1cccnc1)C(=O)N(c1cccc(-c3nncn3C3CC3)n1)C2.COc1cc2c(cc1-c1cccnc1)C(=O)N(c1cccc(-c3nncn3C3CC3)n1)C2.O=C1c2cc(-c3cccnc3)c(O)cc2CN1c1cccc(-c2nncn2C2CC2)n1. The number of hydrogen-bond acceptors (Lipinski definition) is 18. The molecule has 102 heavy (non-hydrogen) atoms. The Bertz CT molecular complexity index is 5070. The molecule has 3 aliphatic carbocycles. The van der Waals surface area contributed by atoms with Crippen molar-refractivity contribution in [2.24, 2.45) is 0 Å². The van der Waals surface area contributed by atoms with Gasteiger partial charge in [0.05, 0.1) is 32.8 Å². The first-order valence-electron chi connectivity index (χ1n) is 33.6. The van der Waals surface area contributed by atoms with Crippen molar-refractivity contribution >= 4 is 51.1 Å². The first kappa shape index (κ1) is 67.5. The maximum atomic E-state index is 13.5. The lowest BCUT2D eigenvalue weighted by Gasteiger charge is -2.15. The van der Waals surface area contributed by atoms with E-state index in [1.165, 1.54) is 0 Å². The molecule has 0 radical (unpaired) electrons. The molecule has 6 aliphatic rings. The fourth-order valence-corrected chi connectivity index (χ4v) is 12.6.